The van der Waals surface area contributed by atoms with E-state index in [1.54, 1.807) is 18.2 Å². The molecule has 1 saturated heterocycles. The number of hydrogen-bond donors (Lipinski definition) is 2. The minimum Gasteiger partial charge on any atom is -0.508 e. The second-order valence-corrected chi connectivity index (χ2v) is 4.33. The number of likely N-dealkylation sites (tertiary alicyclic amines) is 1. The van der Waals surface area contributed by atoms with Gasteiger partial charge in [-0.3, -0.25) is 4.79 Å². The van der Waals surface area contributed by atoms with Crippen molar-refractivity contribution in [2.24, 2.45) is 5.92 Å². The minimum absolute atomic E-state index is 0.122. The molecule has 0 bridgehead atoms. The monoisotopic (exact) mass is 221 g/mol. The number of rotatable bonds is 2. The largest absolute Gasteiger partial charge is 0.508 e. The van der Waals surface area contributed by atoms with Crippen LogP contribution < -0.4 is 0 Å². The third-order valence-electron chi connectivity index (χ3n) is 3.16. The average molecular weight is 221 g/mol. The molecule has 0 saturated carbocycles. The van der Waals surface area contributed by atoms with Gasteiger partial charge < -0.3 is 15.1 Å². The summed E-state index contributed by atoms with van der Waals surface area (Å²) in [6.07, 6.45) is 0. The third kappa shape index (κ3) is 1.88. The van der Waals surface area contributed by atoms with Crippen molar-refractivity contribution in [3.63, 3.8) is 0 Å². The number of aliphatic carboxylic acids is 1. The van der Waals surface area contributed by atoms with Crippen molar-refractivity contribution >= 4 is 5.97 Å². The molecule has 1 aliphatic rings. The first-order chi connectivity index (χ1) is 7.59. The summed E-state index contributed by atoms with van der Waals surface area (Å²) in [4.78, 5) is 13.1. The molecule has 0 radical (unpaired) electrons. The van der Waals surface area contributed by atoms with E-state index in [-0.39, 0.29) is 11.7 Å². The Morgan fingerprint density at radius 3 is 2.69 bits per heavy atom. The molecule has 0 spiro atoms. The number of likely N-dealkylation sites (N-methyl/N-ethyl adjacent to an activating group) is 1. The van der Waals surface area contributed by atoms with Crippen LogP contribution in [0.15, 0.2) is 24.3 Å². The quantitative estimate of drug-likeness (QED) is 0.785. The van der Waals surface area contributed by atoms with E-state index in [2.05, 4.69) is 0 Å². The zero-order valence-corrected chi connectivity index (χ0v) is 9.13. The van der Waals surface area contributed by atoms with Crippen LogP contribution in [0.3, 0.4) is 0 Å². The smallest absolute Gasteiger partial charge is 0.308 e. The molecule has 16 heavy (non-hydrogen) atoms. The van der Waals surface area contributed by atoms with Gasteiger partial charge in [0, 0.05) is 19.0 Å². The van der Waals surface area contributed by atoms with Gasteiger partial charge in [-0.05, 0) is 18.7 Å². The molecule has 2 rings (SSSR count). The molecule has 0 aliphatic carbocycles. The second kappa shape index (κ2) is 4.14. The normalized spacial score (nSPS) is 25.8. The molecule has 1 aliphatic heterocycles. The Morgan fingerprint density at radius 1 is 1.38 bits per heavy atom. The fourth-order valence-corrected chi connectivity index (χ4v) is 2.37. The molecule has 4 heteroatoms. The van der Waals surface area contributed by atoms with E-state index in [0.29, 0.717) is 13.1 Å². The molecule has 86 valence electrons. The summed E-state index contributed by atoms with van der Waals surface area (Å²) in [5, 5.41) is 18.9. The average Bonchev–Trinajstić information content (AvgIpc) is 2.61. The Hall–Kier alpha value is -1.55. The molecule has 0 aromatic heterocycles. The molecule has 2 unspecified atom stereocenters. The van der Waals surface area contributed by atoms with Crippen molar-refractivity contribution < 1.29 is 15.0 Å². The van der Waals surface area contributed by atoms with Crippen molar-refractivity contribution in [3.8, 4) is 5.75 Å². The van der Waals surface area contributed by atoms with Gasteiger partial charge in [0.15, 0.2) is 0 Å². The van der Waals surface area contributed by atoms with E-state index in [0.717, 1.165) is 5.56 Å². The van der Waals surface area contributed by atoms with E-state index in [9.17, 15) is 9.90 Å². The maximum absolute atomic E-state index is 11.1. The Kier molecular flexibility index (Phi) is 2.83. The lowest BCUT2D eigenvalue weighted by Crippen LogP contribution is -2.21. The Bertz CT molecular complexity index is 405. The summed E-state index contributed by atoms with van der Waals surface area (Å²) in [6.45, 7) is 1.21. The number of nitrogens with zero attached hydrogens (tertiary/aromatic N) is 1. The van der Waals surface area contributed by atoms with Crippen LogP contribution in [0.25, 0.3) is 0 Å². The zero-order chi connectivity index (χ0) is 11.7. The molecule has 2 N–H and O–H groups in total. The third-order valence-corrected chi connectivity index (χ3v) is 3.16. The van der Waals surface area contributed by atoms with Crippen LogP contribution in [-0.2, 0) is 4.79 Å². The van der Waals surface area contributed by atoms with Gasteiger partial charge in [-0.15, -0.1) is 0 Å². The Balaban J connectivity index is 2.33. The SMILES string of the molecule is CN1CC(C(=O)O)C(c2ccccc2O)C1. The molecular formula is C12H15NO3. The summed E-state index contributed by atoms with van der Waals surface area (Å²) in [5.74, 6) is -1.16. The van der Waals surface area contributed by atoms with Crippen LogP contribution in [0.1, 0.15) is 11.5 Å². The van der Waals surface area contributed by atoms with E-state index in [1.807, 2.05) is 18.0 Å². The number of benzene rings is 1. The minimum atomic E-state index is -0.794. The Labute approximate surface area is 94.1 Å². The van der Waals surface area contributed by atoms with Crippen LogP contribution in [0.2, 0.25) is 0 Å². The summed E-state index contributed by atoms with van der Waals surface area (Å²) < 4.78 is 0. The highest BCUT2D eigenvalue weighted by Gasteiger charge is 2.37. The standard InChI is InChI=1S/C12H15NO3/c1-13-6-9(10(7-13)12(15)16)8-4-2-3-5-11(8)14/h2-5,9-10,14H,6-7H2,1H3,(H,15,16). The first-order valence-electron chi connectivity index (χ1n) is 5.29. The number of aromatic hydroxyl groups is 1. The van der Waals surface area contributed by atoms with Crippen molar-refractivity contribution in [2.75, 3.05) is 20.1 Å². The van der Waals surface area contributed by atoms with Gasteiger partial charge >= 0.3 is 5.97 Å². The Morgan fingerprint density at radius 2 is 2.06 bits per heavy atom. The highest BCUT2D eigenvalue weighted by atomic mass is 16.4. The van der Waals surface area contributed by atoms with Crippen LogP contribution in [0, 0.1) is 5.92 Å². The number of carboxylic acids is 1. The number of phenols is 1. The molecular weight excluding hydrogens is 206 g/mol. The summed E-state index contributed by atoms with van der Waals surface area (Å²) in [7, 11) is 1.90. The van der Waals surface area contributed by atoms with Gasteiger partial charge in [0.05, 0.1) is 5.92 Å². The van der Waals surface area contributed by atoms with Gasteiger partial charge in [0.25, 0.3) is 0 Å². The van der Waals surface area contributed by atoms with E-state index in [1.165, 1.54) is 0 Å². The number of carbonyl (C=O) groups is 1. The summed E-state index contributed by atoms with van der Waals surface area (Å²) in [5.41, 5.74) is 0.735. The van der Waals surface area contributed by atoms with Gasteiger partial charge in [-0.1, -0.05) is 18.2 Å². The predicted octanol–water partition coefficient (Wildman–Crippen LogP) is 1.12. The van der Waals surface area contributed by atoms with Gasteiger partial charge in [0.2, 0.25) is 0 Å². The number of hydrogen-bond acceptors (Lipinski definition) is 3. The lowest BCUT2D eigenvalue weighted by atomic mass is 9.88. The fourth-order valence-electron chi connectivity index (χ4n) is 2.37. The molecule has 0 amide bonds. The lowest BCUT2D eigenvalue weighted by Gasteiger charge is -2.16. The van der Waals surface area contributed by atoms with E-state index >= 15 is 0 Å². The zero-order valence-electron chi connectivity index (χ0n) is 9.13. The van der Waals surface area contributed by atoms with Gasteiger partial charge in [-0.25, -0.2) is 0 Å². The van der Waals surface area contributed by atoms with Crippen LogP contribution >= 0.6 is 0 Å². The summed E-state index contributed by atoms with van der Waals surface area (Å²) in [6, 6.07) is 6.97. The molecule has 4 nitrogen and oxygen atoms in total. The maximum atomic E-state index is 11.1. The van der Waals surface area contributed by atoms with Crippen molar-refractivity contribution in [1.82, 2.24) is 4.90 Å². The second-order valence-electron chi connectivity index (χ2n) is 4.33. The number of phenolic OH excluding ortho intramolecular Hbond substituents is 1. The van der Waals surface area contributed by atoms with Gasteiger partial charge in [-0.2, -0.15) is 0 Å². The topological polar surface area (TPSA) is 60.8 Å². The van der Waals surface area contributed by atoms with Crippen molar-refractivity contribution in [2.45, 2.75) is 5.92 Å². The maximum Gasteiger partial charge on any atom is 0.308 e. The van der Waals surface area contributed by atoms with E-state index < -0.39 is 11.9 Å². The molecule has 1 aromatic rings. The molecule has 2 atom stereocenters. The fraction of sp³-hybridized carbons (Fsp3) is 0.417. The lowest BCUT2D eigenvalue weighted by molar-refractivity contribution is -0.141. The highest BCUT2D eigenvalue weighted by molar-refractivity contribution is 5.72. The van der Waals surface area contributed by atoms with E-state index in [4.69, 9.17) is 5.11 Å². The van der Waals surface area contributed by atoms with Crippen LogP contribution in [0.5, 0.6) is 5.75 Å². The molecule has 1 heterocycles. The van der Waals surface area contributed by atoms with Crippen molar-refractivity contribution in [3.05, 3.63) is 29.8 Å². The highest BCUT2D eigenvalue weighted by Crippen LogP contribution is 2.36. The van der Waals surface area contributed by atoms with Crippen LogP contribution in [0.4, 0.5) is 0 Å². The molecule has 1 aromatic carbocycles. The first-order valence-corrected chi connectivity index (χ1v) is 5.29. The predicted molar refractivity (Wildman–Crippen MR) is 59.5 cm³/mol. The number of para-hydroxylation sites is 1. The van der Waals surface area contributed by atoms with Gasteiger partial charge in [0.1, 0.15) is 5.75 Å². The number of carboxylic acid groups (broad SMARTS) is 1. The van der Waals surface area contributed by atoms with Crippen LogP contribution in [-0.4, -0.2) is 41.2 Å². The summed E-state index contributed by atoms with van der Waals surface area (Å²) >= 11 is 0. The first kappa shape index (κ1) is 11.0. The van der Waals surface area contributed by atoms with Crippen molar-refractivity contribution in [1.29, 1.82) is 0 Å². The molecule has 1 fully saturated rings.